The molecule has 0 fully saturated rings. The third kappa shape index (κ3) is 2.98. The van der Waals surface area contributed by atoms with Gasteiger partial charge in [0.05, 0.1) is 21.4 Å². The third-order valence-electron chi connectivity index (χ3n) is 2.75. The summed E-state index contributed by atoms with van der Waals surface area (Å²) in [5.74, 6) is -1.62. The van der Waals surface area contributed by atoms with Gasteiger partial charge >= 0.3 is 0 Å². The average molecular weight is 281 g/mol. The first-order chi connectivity index (χ1) is 8.99. The number of halogens is 2. The minimum absolute atomic E-state index is 0.179. The van der Waals surface area contributed by atoms with Gasteiger partial charge in [-0.1, -0.05) is 12.1 Å². The smallest absolute Gasteiger partial charge is 0.130 e. The molecular weight excluding hydrogens is 268 g/mol. The van der Waals surface area contributed by atoms with Crippen molar-refractivity contribution in [2.45, 2.75) is 17.6 Å². The molecule has 19 heavy (non-hydrogen) atoms. The maximum absolute atomic E-state index is 13.5. The van der Waals surface area contributed by atoms with E-state index in [1.165, 1.54) is 6.07 Å². The topological polar surface area (TPSA) is 43.1 Å². The molecule has 0 aliphatic heterocycles. The molecule has 0 amide bonds. The zero-order valence-corrected chi connectivity index (χ0v) is 11.1. The van der Waals surface area contributed by atoms with Gasteiger partial charge in [0, 0.05) is 11.3 Å². The fourth-order valence-corrected chi connectivity index (χ4v) is 3.06. The number of hydrogen-bond acceptors (Lipinski definition) is 2. The lowest BCUT2D eigenvalue weighted by atomic mass is 10.2. The van der Waals surface area contributed by atoms with Gasteiger partial charge in [0.25, 0.3) is 0 Å². The van der Waals surface area contributed by atoms with E-state index >= 15 is 0 Å². The Morgan fingerprint density at radius 2 is 1.79 bits per heavy atom. The zero-order chi connectivity index (χ0) is 14.0. The molecule has 0 aliphatic rings. The van der Waals surface area contributed by atoms with Crippen LogP contribution in [0.2, 0.25) is 0 Å². The Morgan fingerprint density at radius 3 is 2.42 bits per heavy atom. The molecule has 0 spiro atoms. The molecule has 2 nitrogen and oxygen atoms in total. The quantitative estimate of drug-likeness (QED) is 0.878. The van der Waals surface area contributed by atoms with E-state index in [-0.39, 0.29) is 11.3 Å². The van der Waals surface area contributed by atoms with Gasteiger partial charge in [-0.25, -0.2) is 8.78 Å². The third-order valence-corrected chi connectivity index (χ3v) is 4.15. The maximum atomic E-state index is 13.5. The van der Waals surface area contributed by atoms with Gasteiger partial charge in [-0.05, 0) is 36.8 Å². The van der Waals surface area contributed by atoms with E-state index in [1.807, 2.05) is 6.92 Å². The molecule has 0 saturated carbocycles. The Labute approximate surface area is 112 Å². The summed E-state index contributed by atoms with van der Waals surface area (Å²) in [6.07, 6.45) is 0. The highest BCUT2D eigenvalue weighted by molar-refractivity contribution is 7.84. The van der Waals surface area contributed by atoms with Crippen LogP contribution in [0.1, 0.15) is 11.1 Å². The number of aryl methyl sites for hydroxylation is 1. The highest BCUT2D eigenvalue weighted by atomic mass is 32.2. The summed E-state index contributed by atoms with van der Waals surface area (Å²) in [5.41, 5.74) is 6.82. The molecule has 0 saturated heterocycles. The minimum Gasteiger partial charge on any atom is -0.398 e. The van der Waals surface area contributed by atoms with Crippen molar-refractivity contribution in [1.29, 1.82) is 0 Å². The summed E-state index contributed by atoms with van der Waals surface area (Å²) in [6, 6.07) is 8.67. The normalized spacial score (nSPS) is 12.4. The van der Waals surface area contributed by atoms with Crippen molar-refractivity contribution in [2.24, 2.45) is 0 Å². The second-order valence-electron chi connectivity index (χ2n) is 4.23. The van der Waals surface area contributed by atoms with Crippen molar-refractivity contribution in [1.82, 2.24) is 0 Å². The molecule has 100 valence electrons. The van der Waals surface area contributed by atoms with Crippen LogP contribution >= 0.6 is 0 Å². The molecule has 0 aromatic heterocycles. The van der Waals surface area contributed by atoms with Crippen LogP contribution in [0.15, 0.2) is 41.3 Å². The van der Waals surface area contributed by atoms with E-state index in [2.05, 4.69) is 0 Å². The van der Waals surface area contributed by atoms with Crippen LogP contribution in [-0.2, 0) is 16.6 Å². The minimum atomic E-state index is -1.58. The SMILES string of the molecule is Cc1ccc(N)c(S(=O)Cc2c(F)cccc2F)c1. The highest BCUT2D eigenvalue weighted by Gasteiger charge is 2.15. The summed E-state index contributed by atoms with van der Waals surface area (Å²) >= 11 is 0. The Kier molecular flexibility index (Phi) is 3.95. The average Bonchev–Trinajstić information content (AvgIpc) is 2.37. The van der Waals surface area contributed by atoms with E-state index < -0.39 is 22.4 Å². The van der Waals surface area contributed by atoms with Crippen LogP contribution in [0.25, 0.3) is 0 Å². The van der Waals surface area contributed by atoms with E-state index in [9.17, 15) is 13.0 Å². The summed E-state index contributed by atoms with van der Waals surface area (Å²) in [6.45, 7) is 1.84. The van der Waals surface area contributed by atoms with Crippen LogP contribution in [0.5, 0.6) is 0 Å². The molecule has 0 bridgehead atoms. The molecule has 0 radical (unpaired) electrons. The van der Waals surface area contributed by atoms with Crippen molar-refractivity contribution >= 4 is 16.5 Å². The Morgan fingerprint density at radius 1 is 1.16 bits per heavy atom. The predicted octanol–water partition coefficient (Wildman–Crippen LogP) is 3.16. The molecule has 1 atom stereocenters. The van der Waals surface area contributed by atoms with Gasteiger partial charge in [0.15, 0.2) is 0 Å². The first kappa shape index (κ1) is 13.7. The lowest BCUT2D eigenvalue weighted by Crippen LogP contribution is -2.04. The molecule has 2 aromatic rings. The van der Waals surface area contributed by atoms with Gasteiger partial charge in [0.2, 0.25) is 0 Å². The second kappa shape index (κ2) is 5.48. The van der Waals surface area contributed by atoms with Gasteiger partial charge in [0.1, 0.15) is 11.6 Å². The first-order valence-electron chi connectivity index (χ1n) is 5.66. The predicted molar refractivity (Wildman–Crippen MR) is 72.1 cm³/mol. The van der Waals surface area contributed by atoms with Gasteiger partial charge in [-0.15, -0.1) is 0 Å². The Balaban J connectivity index is 2.34. The van der Waals surface area contributed by atoms with Crippen molar-refractivity contribution in [3.8, 4) is 0 Å². The van der Waals surface area contributed by atoms with Crippen LogP contribution < -0.4 is 5.73 Å². The molecule has 1 unspecified atom stereocenters. The molecule has 0 heterocycles. The van der Waals surface area contributed by atoms with Gasteiger partial charge in [-0.3, -0.25) is 4.21 Å². The van der Waals surface area contributed by atoms with Gasteiger partial charge in [-0.2, -0.15) is 0 Å². The first-order valence-corrected chi connectivity index (χ1v) is 6.98. The number of nitrogens with two attached hydrogens (primary N) is 1. The fourth-order valence-electron chi connectivity index (χ4n) is 1.72. The van der Waals surface area contributed by atoms with E-state index in [0.29, 0.717) is 10.6 Å². The lowest BCUT2D eigenvalue weighted by molar-refractivity contribution is 0.564. The number of benzene rings is 2. The largest absolute Gasteiger partial charge is 0.398 e. The Hall–Kier alpha value is -1.75. The Bertz CT molecular complexity index is 623. The van der Waals surface area contributed by atoms with E-state index in [0.717, 1.165) is 17.7 Å². The summed E-state index contributed by atoms with van der Waals surface area (Å²) < 4.78 is 39.2. The van der Waals surface area contributed by atoms with Crippen molar-refractivity contribution in [3.63, 3.8) is 0 Å². The van der Waals surface area contributed by atoms with E-state index in [4.69, 9.17) is 5.73 Å². The highest BCUT2D eigenvalue weighted by Crippen LogP contribution is 2.22. The number of anilines is 1. The van der Waals surface area contributed by atoms with Crippen LogP contribution in [-0.4, -0.2) is 4.21 Å². The molecule has 2 N–H and O–H groups in total. The molecular formula is C14H13F2NOS. The summed E-state index contributed by atoms with van der Waals surface area (Å²) in [4.78, 5) is 0.405. The summed E-state index contributed by atoms with van der Waals surface area (Å²) in [5, 5.41) is 0. The van der Waals surface area contributed by atoms with Crippen molar-refractivity contribution in [2.75, 3.05) is 5.73 Å². The second-order valence-corrected chi connectivity index (χ2v) is 5.65. The van der Waals surface area contributed by atoms with Crippen LogP contribution in [0, 0.1) is 18.6 Å². The standard InChI is InChI=1S/C14H13F2NOS/c1-9-5-6-13(17)14(7-9)19(18)8-10-11(15)3-2-4-12(10)16/h2-7H,8,17H2,1H3. The summed E-state index contributed by atoms with van der Waals surface area (Å²) in [7, 11) is -1.58. The molecule has 5 heteroatoms. The van der Waals surface area contributed by atoms with Crippen molar-refractivity contribution in [3.05, 3.63) is 59.2 Å². The number of hydrogen-bond donors (Lipinski definition) is 1. The molecule has 2 aromatic carbocycles. The molecule has 2 rings (SSSR count). The maximum Gasteiger partial charge on any atom is 0.130 e. The van der Waals surface area contributed by atoms with Crippen LogP contribution in [0.3, 0.4) is 0 Å². The fraction of sp³-hybridized carbons (Fsp3) is 0.143. The molecule has 0 aliphatic carbocycles. The zero-order valence-electron chi connectivity index (χ0n) is 10.3. The number of nitrogen functional groups attached to an aromatic ring is 1. The number of rotatable bonds is 3. The van der Waals surface area contributed by atoms with E-state index in [1.54, 1.807) is 18.2 Å². The van der Waals surface area contributed by atoms with Crippen LogP contribution in [0.4, 0.5) is 14.5 Å². The lowest BCUT2D eigenvalue weighted by Gasteiger charge is -2.08. The monoisotopic (exact) mass is 281 g/mol. The van der Waals surface area contributed by atoms with Gasteiger partial charge < -0.3 is 5.73 Å². The van der Waals surface area contributed by atoms with Crippen molar-refractivity contribution < 1.29 is 13.0 Å².